The van der Waals surface area contributed by atoms with E-state index in [-0.39, 0.29) is 23.0 Å². The highest BCUT2D eigenvalue weighted by Gasteiger charge is 2.30. The van der Waals surface area contributed by atoms with Gasteiger partial charge in [0.15, 0.2) is 0 Å². The molecule has 0 saturated heterocycles. The zero-order chi connectivity index (χ0) is 17.7. The average Bonchev–Trinajstić information content (AvgIpc) is 3.02. The van der Waals surface area contributed by atoms with Crippen LogP contribution in [0.25, 0.3) is 0 Å². The number of nitrogens with one attached hydrogen (secondary N) is 2. The van der Waals surface area contributed by atoms with Gasteiger partial charge >= 0.3 is 5.97 Å². The number of hydrogen-bond donors (Lipinski definition) is 3. The number of amides is 1. The van der Waals surface area contributed by atoms with Gasteiger partial charge in [-0.15, -0.1) is 6.58 Å². The molecule has 1 aliphatic carbocycles. The maximum absolute atomic E-state index is 12.3. The molecule has 130 valence electrons. The van der Waals surface area contributed by atoms with Crippen molar-refractivity contribution in [2.24, 2.45) is 5.92 Å². The molecule has 1 aromatic rings. The molecule has 7 nitrogen and oxygen atoms in total. The van der Waals surface area contributed by atoms with Crippen LogP contribution < -0.4 is 10.0 Å². The van der Waals surface area contributed by atoms with Gasteiger partial charge in [-0.2, -0.15) is 0 Å². The number of benzene rings is 1. The van der Waals surface area contributed by atoms with Crippen LogP contribution in [0.15, 0.2) is 41.8 Å². The second-order valence-corrected chi connectivity index (χ2v) is 7.45. The van der Waals surface area contributed by atoms with Gasteiger partial charge in [-0.05, 0) is 37.5 Å². The number of sulfonamides is 1. The maximum atomic E-state index is 12.3. The lowest BCUT2D eigenvalue weighted by atomic mass is 10.1. The fourth-order valence-corrected chi connectivity index (χ4v) is 3.71. The number of carboxylic acid groups (broad SMARTS) is 1. The first kappa shape index (κ1) is 18.2. The van der Waals surface area contributed by atoms with Gasteiger partial charge in [0.25, 0.3) is 5.91 Å². The number of rotatable bonds is 7. The molecule has 24 heavy (non-hydrogen) atoms. The molecular weight excluding hydrogens is 332 g/mol. The van der Waals surface area contributed by atoms with Gasteiger partial charge in [0, 0.05) is 18.2 Å². The van der Waals surface area contributed by atoms with Crippen molar-refractivity contribution in [3.63, 3.8) is 0 Å². The van der Waals surface area contributed by atoms with Crippen molar-refractivity contribution < 1.29 is 23.1 Å². The minimum absolute atomic E-state index is 0.00756. The summed E-state index contributed by atoms with van der Waals surface area (Å²) >= 11 is 0. The predicted octanol–water partition coefficient (Wildman–Crippen LogP) is 1.13. The van der Waals surface area contributed by atoms with Crippen LogP contribution in [0.4, 0.5) is 0 Å². The summed E-state index contributed by atoms with van der Waals surface area (Å²) in [4.78, 5) is 23.2. The van der Waals surface area contributed by atoms with Crippen molar-refractivity contribution in [3.8, 4) is 0 Å². The van der Waals surface area contributed by atoms with Gasteiger partial charge in [-0.3, -0.25) is 9.59 Å². The van der Waals surface area contributed by atoms with Crippen LogP contribution in [0.2, 0.25) is 0 Å². The molecule has 0 aliphatic heterocycles. The van der Waals surface area contributed by atoms with Crippen LogP contribution in [-0.2, 0) is 14.8 Å². The molecule has 2 rings (SSSR count). The molecule has 1 aromatic carbocycles. The van der Waals surface area contributed by atoms with Crippen molar-refractivity contribution in [3.05, 3.63) is 42.5 Å². The predicted molar refractivity (Wildman–Crippen MR) is 88.1 cm³/mol. The van der Waals surface area contributed by atoms with Crippen molar-refractivity contribution in [1.29, 1.82) is 0 Å². The number of aliphatic carboxylic acids is 1. The van der Waals surface area contributed by atoms with Crippen molar-refractivity contribution in [1.82, 2.24) is 10.0 Å². The Morgan fingerprint density at radius 1 is 1.33 bits per heavy atom. The lowest BCUT2D eigenvalue weighted by Gasteiger charge is -2.13. The first-order chi connectivity index (χ1) is 11.3. The highest BCUT2D eigenvalue weighted by atomic mass is 32.2. The van der Waals surface area contributed by atoms with E-state index in [1.165, 1.54) is 30.3 Å². The summed E-state index contributed by atoms with van der Waals surface area (Å²) in [6.45, 7) is 3.54. The molecule has 1 fully saturated rings. The van der Waals surface area contributed by atoms with Gasteiger partial charge < -0.3 is 10.4 Å². The monoisotopic (exact) mass is 352 g/mol. The zero-order valence-electron chi connectivity index (χ0n) is 13.1. The summed E-state index contributed by atoms with van der Waals surface area (Å²) in [5.41, 5.74) is 0.218. The molecule has 1 amide bonds. The van der Waals surface area contributed by atoms with E-state index in [9.17, 15) is 18.0 Å². The Morgan fingerprint density at radius 3 is 2.71 bits per heavy atom. The molecule has 0 aromatic heterocycles. The van der Waals surface area contributed by atoms with E-state index in [0.29, 0.717) is 19.3 Å². The maximum Gasteiger partial charge on any atom is 0.306 e. The molecule has 2 atom stereocenters. The molecule has 1 saturated carbocycles. The third-order valence-electron chi connectivity index (χ3n) is 3.94. The molecule has 8 heteroatoms. The summed E-state index contributed by atoms with van der Waals surface area (Å²) < 4.78 is 26.5. The summed E-state index contributed by atoms with van der Waals surface area (Å²) in [5, 5.41) is 11.8. The lowest BCUT2D eigenvalue weighted by Crippen LogP contribution is -2.33. The molecular formula is C16H20N2O5S. The molecule has 1 aliphatic rings. The minimum Gasteiger partial charge on any atom is -0.481 e. The minimum atomic E-state index is -3.70. The first-order valence-electron chi connectivity index (χ1n) is 7.58. The van der Waals surface area contributed by atoms with Crippen molar-refractivity contribution in [2.45, 2.75) is 30.2 Å². The van der Waals surface area contributed by atoms with E-state index in [1.807, 2.05) is 0 Å². The van der Waals surface area contributed by atoms with E-state index in [2.05, 4.69) is 16.6 Å². The number of carboxylic acids is 1. The number of carbonyl (C=O) groups is 2. The topological polar surface area (TPSA) is 113 Å². The molecule has 0 spiro atoms. The van der Waals surface area contributed by atoms with Crippen LogP contribution in [0, 0.1) is 5.92 Å². The van der Waals surface area contributed by atoms with Crippen LogP contribution in [0.1, 0.15) is 29.6 Å². The average molecular weight is 352 g/mol. The van der Waals surface area contributed by atoms with E-state index >= 15 is 0 Å². The highest BCUT2D eigenvalue weighted by Crippen LogP contribution is 2.26. The third-order valence-corrected chi connectivity index (χ3v) is 5.36. The Morgan fingerprint density at radius 2 is 2.08 bits per heavy atom. The van der Waals surface area contributed by atoms with Crippen LogP contribution in [0.5, 0.6) is 0 Å². The standard InChI is InChI=1S/C16H20N2O5S/c1-2-8-17-24(22,23)14-5-3-4-11(10-14)15(19)18-13-7-6-12(9-13)16(20)21/h2-5,10,12-13,17H,1,6-9H2,(H,18,19)(H,20,21)/t12-,13+/m0/s1. The summed E-state index contributed by atoms with van der Waals surface area (Å²) in [7, 11) is -3.70. The Balaban J connectivity index is 2.07. The van der Waals surface area contributed by atoms with Gasteiger partial charge in [0.1, 0.15) is 0 Å². The normalized spacial score (nSPS) is 20.5. The zero-order valence-corrected chi connectivity index (χ0v) is 13.9. The van der Waals surface area contributed by atoms with E-state index in [4.69, 9.17) is 5.11 Å². The van der Waals surface area contributed by atoms with Gasteiger partial charge in [0.2, 0.25) is 10.0 Å². The summed E-state index contributed by atoms with van der Waals surface area (Å²) in [6.07, 6.45) is 2.94. The first-order valence-corrected chi connectivity index (χ1v) is 9.06. The Kier molecular flexibility index (Phi) is 5.74. The lowest BCUT2D eigenvalue weighted by molar-refractivity contribution is -0.141. The SMILES string of the molecule is C=CCNS(=O)(=O)c1cccc(C(=O)N[C@@H]2CC[C@H](C(=O)O)C2)c1. The summed E-state index contributed by atoms with van der Waals surface area (Å²) in [6, 6.07) is 5.50. The largest absolute Gasteiger partial charge is 0.481 e. The molecule has 0 radical (unpaired) electrons. The number of carbonyl (C=O) groups excluding carboxylic acids is 1. The van der Waals surface area contributed by atoms with E-state index in [0.717, 1.165) is 0 Å². The van der Waals surface area contributed by atoms with Gasteiger partial charge in [0.05, 0.1) is 10.8 Å². The number of hydrogen-bond acceptors (Lipinski definition) is 4. The summed E-state index contributed by atoms with van der Waals surface area (Å²) in [5.74, 6) is -1.70. The fourth-order valence-electron chi connectivity index (χ4n) is 2.66. The van der Waals surface area contributed by atoms with Crippen LogP contribution >= 0.6 is 0 Å². The van der Waals surface area contributed by atoms with Crippen LogP contribution in [0.3, 0.4) is 0 Å². The fraction of sp³-hybridized carbons (Fsp3) is 0.375. The molecule has 0 unspecified atom stereocenters. The van der Waals surface area contributed by atoms with Crippen LogP contribution in [-0.4, -0.2) is 38.0 Å². The van der Waals surface area contributed by atoms with E-state index < -0.39 is 27.8 Å². The van der Waals surface area contributed by atoms with Gasteiger partial charge in [-0.25, -0.2) is 13.1 Å². The molecule has 3 N–H and O–H groups in total. The third kappa shape index (κ3) is 4.42. The highest BCUT2D eigenvalue weighted by molar-refractivity contribution is 7.89. The Bertz CT molecular complexity index is 745. The molecule has 0 heterocycles. The van der Waals surface area contributed by atoms with Crippen molar-refractivity contribution in [2.75, 3.05) is 6.54 Å². The van der Waals surface area contributed by atoms with E-state index in [1.54, 1.807) is 0 Å². The second-order valence-electron chi connectivity index (χ2n) is 5.69. The second kappa shape index (κ2) is 7.59. The van der Waals surface area contributed by atoms with Gasteiger partial charge in [-0.1, -0.05) is 12.1 Å². The molecule has 0 bridgehead atoms. The quantitative estimate of drug-likeness (QED) is 0.637. The smallest absolute Gasteiger partial charge is 0.306 e. The Hall–Kier alpha value is -2.19. The Labute approximate surface area is 140 Å². The van der Waals surface area contributed by atoms with Crippen molar-refractivity contribution >= 4 is 21.9 Å².